The Bertz CT molecular complexity index is 1080. The number of aromatic nitrogens is 2. The first-order chi connectivity index (χ1) is 15.1. The molecule has 1 atom stereocenters. The molecule has 31 heavy (non-hydrogen) atoms. The van der Waals surface area contributed by atoms with E-state index in [1.807, 2.05) is 41.1 Å². The van der Waals surface area contributed by atoms with Crippen molar-refractivity contribution in [1.29, 1.82) is 0 Å². The summed E-state index contributed by atoms with van der Waals surface area (Å²) in [6.45, 7) is 3.11. The fourth-order valence-electron chi connectivity index (χ4n) is 3.79. The standard InChI is InChI=1S/C23H24BrClN2O4/c1-2-29-22(28)11-15-7-3-4-8-20(15)31-14-19-17-12-16(25)13-18(24)23(17)27(26-19)21-9-5-6-10-30-21/h3-4,7-8,12-13,21H,2,5-6,9-11,14H2,1H3. The normalized spacial score (nSPS) is 16.4. The first-order valence-corrected chi connectivity index (χ1v) is 11.6. The summed E-state index contributed by atoms with van der Waals surface area (Å²) in [5.74, 6) is 0.353. The Hall–Kier alpha value is -2.09. The van der Waals surface area contributed by atoms with Crippen LogP contribution in [0, 0.1) is 0 Å². The van der Waals surface area contributed by atoms with Crippen LogP contribution in [0.1, 0.15) is 43.7 Å². The number of para-hydroxylation sites is 1. The molecule has 6 nitrogen and oxygen atoms in total. The van der Waals surface area contributed by atoms with Crippen LogP contribution in [0.2, 0.25) is 5.02 Å². The van der Waals surface area contributed by atoms with Crippen LogP contribution in [0.3, 0.4) is 0 Å². The van der Waals surface area contributed by atoms with Crippen molar-refractivity contribution in [3.8, 4) is 5.75 Å². The summed E-state index contributed by atoms with van der Waals surface area (Å²) in [6, 6.07) is 11.2. The van der Waals surface area contributed by atoms with E-state index in [9.17, 15) is 4.79 Å². The smallest absolute Gasteiger partial charge is 0.310 e. The molecule has 1 saturated heterocycles. The molecule has 1 fully saturated rings. The highest BCUT2D eigenvalue weighted by atomic mass is 79.9. The maximum Gasteiger partial charge on any atom is 0.310 e. The second-order valence-electron chi connectivity index (χ2n) is 7.37. The fraction of sp³-hybridized carbons (Fsp3) is 0.391. The molecule has 1 unspecified atom stereocenters. The molecule has 2 heterocycles. The topological polar surface area (TPSA) is 62.6 Å². The molecule has 3 aromatic rings. The summed E-state index contributed by atoms with van der Waals surface area (Å²) in [5, 5.41) is 6.37. The molecular weight excluding hydrogens is 484 g/mol. The lowest BCUT2D eigenvalue weighted by atomic mass is 10.1. The molecule has 164 valence electrons. The van der Waals surface area contributed by atoms with Crippen LogP contribution in [0.15, 0.2) is 40.9 Å². The van der Waals surface area contributed by atoms with Crippen molar-refractivity contribution in [2.24, 2.45) is 0 Å². The minimum absolute atomic E-state index is 0.112. The van der Waals surface area contributed by atoms with Gasteiger partial charge in [0.25, 0.3) is 0 Å². The van der Waals surface area contributed by atoms with E-state index in [1.54, 1.807) is 6.92 Å². The highest BCUT2D eigenvalue weighted by Gasteiger charge is 2.23. The zero-order valence-corrected chi connectivity index (χ0v) is 19.6. The van der Waals surface area contributed by atoms with Crippen LogP contribution in [0.4, 0.5) is 0 Å². The Kier molecular flexibility index (Phi) is 7.15. The largest absolute Gasteiger partial charge is 0.487 e. The number of fused-ring (bicyclic) bond motifs is 1. The lowest BCUT2D eigenvalue weighted by Crippen LogP contribution is -2.19. The van der Waals surface area contributed by atoms with Crippen molar-refractivity contribution in [3.63, 3.8) is 0 Å². The van der Waals surface area contributed by atoms with Crippen molar-refractivity contribution >= 4 is 44.4 Å². The molecular formula is C23H24BrClN2O4. The Balaban J connectivity index is 1.63. The molecule has 1 aliphatic rings. The average molecular weight is 508 g/mol. The van der Waals surface area contributed by atoms with Gasteiger partial charge in [0.05, 0.1) is 18.5 Å². The molecule has 0 N–H and O–H groups in total. The molecule has 0 amide bonds. The number of ether oxygens (including phenoxy) is 3. The number of nitrogens with zero attached hydrogens (tertiary/aromatic N) is 2. The first-order valence-electron chi connectivity index (χ1n) is 10.4. The lowest BCUT2D eigenvalue weighted by Gasteiger charge is -2.23. The van der Waals surface area contributed by atoms with Crippen LogP contribution in [-0.4, -0.2) is 29.0 Å². The van der Waals surface area contributed by atoms with Gasteiger partial charge in [-0.1, -0.05) is 29.8 Å². The minimum Gasteiger partial charge on any atom is -0.487 e. The van der Waals surface area contributed by atoms with E-state index in [4.69, 9.17) is 30.9 Å². The summed E-state index contributed by atoms with van der Waals surface area (Å²) >= 11 is 9.96. The van der Waals surface area contributed by atoms with Crippen molar-refractivity contribution in [3.05, 3.63) is 57.2 Å². The average Bonchev–Trinajstić information content (AvgIpc) is 3.12. The van der Waals surface area contributed by atoms with E-state index in [2.05, 4.69) is 15.9 Å². The quantitative estimate of drug-likeness (QED) is 0.376. The Morgan fingerprint density at radius 1 is 1.32 bits per heavy atom. The molecule has 2 aromatic carbocycles. The number of hydrogen-bond donors (Lipinski definition) is 0. The van der Waals surface area contributed by atoms with Crippen LogP contribution in [0.5, 0.6) is 5.75 Å². The summed E-state index contributed by atoms with van der Waals surface area (Å²) in [6.07, 6.45) is 3.12. The summed E-state index contributed by atoms with van der Waals surface area (Å²) < 4.78 is 20.0. The SMILES string of the molecule is CCOC(=O)Cc1ccccc1OCc1nn(C2CCCCO2)c2c(Br)cc(Cl)cc12. The Labute approximate surface area is 194 Å². The second-order valence-corrected chi connectivity index (χ2v) is 8.67. The van der Waals surface area contributed by atoms with E-state index in [-0.39, 0.29) is 25.2 Å². The molecule has 1 aliphatic heterocycles. The predicted octanol–water partition coefficient (Wildman–Crippen LogP) is 5.84. The van der Waals surface area contributed by atoms with E-state index in [0.29, 0.717) is 17.4 Å². The van der Waals surface area contributed by atoms with Crippen LogP contribution >= 0.6 is 27.5 Å². The van der Waals surface area contributed by atoms with Gasteiger partial charge in [-0.15, -0.1) is 0 Å². The maximum absolute atomic E-state index is 11.9. The number of rotatable bonds is 7. The zero-order valence-electron chi connectivity index (χ0n) is 17.3. The number of esters is 1. The van der Waals surface area contributed by atoms with Gasteiger partial charge in [0.15, 0.2) is 6.23 Å². The van der Waals surface area contributed by atoms with E-state index >= 15 is 0 Å². The third kappa shape index (κ3) is 5.05. The van der Waals surface area contributed by atoms with E-state index < -0.39 is 0 Å². The number of carbonyl (C=O) groups is 1. The number of hydrogen-bond acceptors (Lipinski definition) is 5. The van der Waals surface area contributed by atoms with Gasteiger partial charge < -0.3 is 14.2 Å². The van der Waals surface area contributed by atoms with Gasteiger partial charge in [-0.3, -0.25) is 4.79 Å². The maximum atomic E-state index is 11.9. The molecule has 0 bridgehead atoms. The van der Waals surface area contributed by atoms with Gasteiger partial charge in [-0.25, -0.2) is 4.68 Å². The van der Waals surface area contributed by atoms with Crippen molar-refractivity contribution < 1.29 is 19.0 Å². The molecule has 4 rings (SSSR count). The van der Waals surface area contributed by atoms with Crippen LogP contribution in [0.25, 0.3) is 10.9 Å². The van der Waals surface area contributed by atoms with Crippen molar-refractivity contribution in [2.45, 2.75) is 45.4 Å². The Morgan fingerprint density at radius 3 is 2.94 bits per heavy atom. The Morgan fingerprint density at radius 2 is 2.16 bits per heavy atom. The van der Waals surface area contributed by atoms with Crippen molar-refractivity contribution in [1.82, 2.24) is 9.78 Å². The predicted molar refractivity (Wildman–Crippen MR) is 122 cm³/mol. The van der Waals surface area contributed by atoms with Gasteiger partial charge in [0.2, 0.25) is 0 Å². The van der Waals surface area contributed by atoms with E-state index in [1.165, 1.54) is 0 Å². The van der Waals surface area contributed by atoms with Gasteiger partial charge in [-0.05, 0) is 60.3 Å². The zero-order chi connectivity index (χ0) is 21.8. The molecule has 0 radical (unpaired) electrons. The first kappa shape index (κ1) is 22.1. The monoisotopic (exact) mass is 506 g/mol. The molecule has 8 heteroatoms. The number of carbonyl (C=O) groups excluding carboxylic acids is 1. The van der Waals surface area contributed by atoms with Crippen LogP contribution in [-0.2, 0) is 27.3 Å². The van der Waals surface area contributed by atoms with Gasteiger partial charge in [-0.2, -0.15) is 5.10 Å². The summed E-state index contributed by atoms with van der Waals surface area (Å²) in [5.41, 5.74) is 2.48. The fourth-order valence-corrected chi connectivity index (χ4v) is 4.78. The molecule has 1 aromatic heterocycles. The molecule has 0 spiro atoms. The van der Waals surface area contributed by atoms with Gasteiger partial charge in [0, 0.05) is 27.1 Å². The highest BCUT2D eigenvalue weighted by Crippen LogP contribution is 2.35. The third-order valence-electron chi connectivity index (χ3n) is 5.20. The molecule has 0 aliphatic carbocycles. The van der Waals surface area contributed by atoms with E-state index in [0.717, 1.165) is 52.5 Å². The minimum atomic E-state index is -0.279. The number of halogens is 2. The van der Waals surface area contributed by atoms with Crippen molar-refractivity contribution in [2.75, 3.05) is 13.2 Å². The third-order valence-corrected chi connectivity index (χ3v) is 6.02. The lowest BCUT2D eigenvalue weighted by molar-refractivity contribution is -0.142. The van der Waals surface area contributed by atoms with Crippen LogP contribution < -0.4 is 4.74 Å². The summed E-state index contributed by atoms with van der Waals surface area (Å²) in [7, 11) is 0. The second kappa shape index (κ2) is 10.0. The molecule has 0 saturated carbocycles. The van der Waals surface area contributed by atoms with Gasteiger partial charge in [0.1, 0.15) is 18.1 Å². The number of benzene rings is 2. The highest BCUT2D eigenvalue weighted by molar-refractivity contribution is 9.10. The summed E-state index contributed by atoms with van der Waals surface area (Å²) in [4.78, 5) is 11.9. The van der Waals surface area contributed by atoms with Gasteiger partial charge >= 0.3 is 5.97 Å².